The maximum Gasteiger partial charge on any atom is 0.331 e. The Bertz CT molecular complexity index is 744. The first-order valence-corrected chi connectivity index (χ1v) is 9.03. The van der Waals surface area contributed by atoms with Crippen LogP contribution in [0.2, 0.25) is 0 Å². The zero-order chi connectivity index (χ0) is 20.5. The second kappa shape index (κ2) is 10.3. The lowest BCUT2D eigenvalue weighted by atomic mass is 10.0. The Morgan fingerprint density at radius 3 is 2.46 bits per heavy atom. The summed E-state index contributed by atoms with van der Waals surface area (Å²) in [4.78, 5) is 37.1. The number of esters is 2. The fraction of sp³-hybridized carbons (Fsp3) is 0.450. The van der Waals surface area contributed by atoms with E-state index in [1.54, 1.807) is 38.2 Å². The highest BCUT2D eigenvalue weighted by Crippen LogP contribution is 2.38. The molecule has 1 fully saturated rings. The van der Waals surface area contributed by atoms with Crippen molar-refractivity contribution in [3.05, 3.63) is 35.9 Å². The number of ether oxygens (including phenoxy) is 4. The van der Waals surface area contributed by atoms with Crippen molar-refractivity contribution in [2.75, 3.05) is 34.0 Å². The van der Waals surface area contributed by atoms with Crippen LogP contribution in [-0.2, 0) is 23.9 Å². The molecular formula is C20H25NO7. The van der Waals surface area contributed by atoms with Crippen molar-refractivity contribution in [1.82, 2.24) is 4.90 Å². The molecule has 28 heavy (non-hydrogen) atoms. The van der Waals surface area contributed by atoms with Crippen LogP contribution in [0.4, 0.5) is 0 Å². The van der Waals surface area contributed by atoms with Crippen molar-refractivity contribution in [2.24, 2.45) is 0 Å². The van der Waals surface area contributed by atoms with E-state index in [-0.39, 0.29) is 18.6 Å². The van der Waals surface area contributed by atoms with E-state index in [1.807, 2.05) is 6.07 Å². The van der Waals surface area contributed by atoms with Gasteiger partial charge in [-0.1, -0.05) is 0 Å². The van der Waals surface area contributed by atoms with Gasteiger partial charge in [0.25, 0.3) is 5.91 Å². The maximum atomic E-state index is 12.6. The van der Waals surface area contributed by atoms with Crippen molar-refractivity contribution >= 4 is 17.8 Å². The van der Waals surface area contributed by atoms with Crippen LogP contribution in [0.25, 0.3) is 0 Å². The normalized spacial score (nSPS) is 16.1. The summed E-state index contributed by atoms with van der Waals surface area (Å²) in [6.45, 7) is 2.02. The van der Waals surface area contributed by atoms with E-state index >= 15 is 0 Å². The van der Waals surface area contributed by atoms with E-state index in [9.17, 15) is 14.4 Å². The molecule has 0 radical (unpaired) electrons. The van der Waals surface area contributed by atoms with Gasteiger partial charge in [0.15, 0.2) is 6.61 Å². The molecule has 0 aliphatic carbocycles. The molecular weight excluding hydrogens is 366 g/mol. The van der Waals surface area contributed by atoms with Gasteiger partial charge in [0.1, 0.15) is 11.5 Å². The van der Waals surface area contributed by atoms with Crippen molar-refractivity contribution in [2.45, 2.75) is 25.8 Å². The molecule has 1 aliphatic heterocycles. The van der Waals surface area contributed by atoms with E-state index in [0.29, 0.717) is 18.0 Å². The van der Waals surface area contributed by atoms with Gasteiger partial charge >= 0.3 is 11.9 Å². The third-order valence-electron chi connectivity index (χ3n) is 4.35. The molecule has 8 nitrogen and oxygen atoms in total. The smallest absolute Gasteiger partial charge is 0.331 e. The summed E-state index contributed by atoms with van der Waals surface area (Å²) in [5.41, 5.74) is 0.848. The van der Waals surface area contributed by atoms with Crippen LogP contribution in [0.3, 0.4) is 0 Å². The molecule has 0 N–H and O–H groups in total. The zero-order valence-electron chi connectivity index (χ0n) is 16.3. The van der Waals surface area contributed by atoms with Crippen LogP contribution in [-0.4, -0.2) is 56.7 Å². The van der Waals surface area contributed by atoms with Gasteiger partial charge in [0.2, 0.25) is 0 Å². The van der Waals surface area contributed by atoms with Crippen molar-refractivity contribution in [1.29, 1.82) is 0 Å². The van der Waals surface area contributed by atoms with Crippen LogP contribution < -0.4 is 9.47 Å². The molecule has 0 unspecified atom stereocenters. The molecule has 1 aromatic carbocycles. The van der Waals surface area contributed by atoms with Crippen LogP contribution in [0.1, 0.15) is 31.4 Å². The van der Waals surface area contributed by atoms with Crippen molar-refractivity contribution in [3.8, 4) is 11.5 Å². The molecule has 1 aliphatic rings. The topological polar surface area (TPSA) is 91.4 Å². The Labute approximate surface area is 164 Å². The number of likely N-dealkylation sites (tertiary alicyclic amines) is 1. The Balaban J connectivity index is 2.02. The first-order chi connectivity index (χ1) is 13.5. The Morgan fingerprint density at radius 1 is 1.11 bits per heavy atom. The standard InChI is InChI=1S/C20H25NO7/c1-4-27-19(23)9-10-20(24)28-13-18(22)21-11-5-6-16(21)15-12-14(25-2)7-8-17(15)26-3/h7-10,12,16H,4-6,11,13H2,1-3H3/b10-9+/t16-/m1/s1. The molecule has 1 heterocycles. The largest absolute Gasteiger partial charge is 0.497 e. The Morgan fingerprint density at radius 2 is 1.82 bits per heavy atom. The summed E-state index contributed by atoms with van der Waals surface area (Å²) in [5.74, 6) is -0.401. The maximum absolute atomic E-state index is 12.6. The van der Waals surface area contributed by atoms with Crippen LogP contribution in [0.5, 0.6) is 11.5 Å². The minimum atomic E-state index is -0.781. The molecule has 8 heteroatoms. The number of hydrogen-bond donors (Lipinski definition) is 0. The molecule has 0 bridgehead atoms. The molecule has 0 aromatic heterocycles. The summed E-state index contributed by atoms with van der Waals surface area (Å²) in [7, 11) is 3.15. The highest BCUT2D eigenvalue weighted by atomic mass is 16.5. The summed E-state index contributed by atoms with van der Waals surface area (Å²) in [5, 5.41) is 0. The molecule has 0 spiro atoms. The van der Waals surface area contributed by atoms with Gasteiger partial charge < -0.3 is 23.8 Å². The first-order valence-electron chi connectivity index (χ1n) is 9.03. The monoisotopic (exact) mass is 391 g/mol. The number of benzene rings is 1. The van der Waals surface area contributed by atoms with Gasteiger partial charge in [-0.15, -0.1) is 0 Å². The highest BCUT2D eigenvalue weighted by Gasteiger charge is 2.32. The van der Waals surface area contributed by atoms with E-state index in [2.05, 4.69) is 4.74 Å². The van der Waals surface area contributed by atoms with Gasteiger partial charge in [0, 0.05) is 24.3 Å². The number of methoxy groups -OCH3 is 2. The minimum absolute atomic E-state index is 0.189. The molecule has 1 atom stereocenters. The van der Waals surface area contributed by atoms with Crippen LogP contribution in [0, 0.1) is 0 Å². The first kappa shape index (κ1) is 21.3. The zero-order valence-corrected chi connectivity index (χ0v) is 16.3. The number of amides is 1. The Hall–Kier alpha value is -3.03. The quantitative estimate of drug-likeness (QED) is 0.495. The molecule has 1 amide bonds. The second-order valence-electron chi connectivity index (χ2n) is 6.05. The molecule has 0 saturated carbocycles. The van der Waals surface area contributed by atoms with Gasteiger partial charge in [-0.05, 0) is 38.0 Å². The Kier molecular flexibility index (Phi) is 7.86. The third-order valence-corrected chi connectivity index (χ3v) is 4.35. The molecule has 152 valence electrons. The van der Waals surface area contributed by atoms with E-state index in [0.717, 1.165) is 30.6 Å². The van der Waals surface area contributed by atoms with E-state index in [1.165, 1.54) is 0 Å². The van der Waals surface area contributed by atoms with Gasteiger partial charge in [-0.2, -0.15) is 0 Å². The number of rotatable bonds is 8. The van der Waals surface area contributed by atoms with Gasteiger partial charge in [-0.3, -0.25) is 4.79 Å². The number of carbonyl (C=O) groups excluding carboxylic acids is 3. The number of hydrogen-bond acceptors (Lipinski definition) is 7. The van der Waals surface area contributed by atoms with E-state index < -0.39 is 18.5 Å². The fourth-order valence-electron chi connectivity index (χ4n) is 3.08. The lowest BCUT2D eigenvalue weighted by Gasteiger charge is -2.26. The van der Waals surface area contributed by atoms with Crippen LogP contribution >= 0.6 is 0 Å². The predicted molar refractivity (Wildman–Crippen MR) is 100.0 cm³/mol. The third kappa shape index (κ3) is 5.48. The average molecular weight is 391 g/mol. The highest BCUT2D eigenvalue weighted by molar-refractivity contribution is 5.92. The van der Waals surface area contributed by atoms with Gasteiger partial charge in [0.05, 0.1) is 26.9 Å². The summed E-state index contributed by atoms with van der Waals surface area (Å²) < 4.78 is 20.3. The van der Waals surface area contributed by atoms with Crippen LogP contribution in [0.15, 0.2) is 30.4 Å². The molecule has 2 rings (SSSR count). The van der Waals surface area contributed by atoms with Crippen molar-refractivity contribution in [3.63, 3.8) is 0 Å². The fourth-order valence-corrected chi connectivity index (χ4v) is 3.08. The summed E-state index contributed by atoms with van der Waals surface area (Å²) in [6.07, 6.45) is 3.51. The summed E-state index contributed by atoms with van der Waals surface area (Å²) in [6, 6.07) is 5.26. The minimum Gasteiger partial charge on any atom is -0.497 e. The SMILES string of the molecule is CCOC(=O)/C=C/C(=O)OCC(=O)N1CCC[C@@H]1c1cc(OC)ccc1OC. The lowest BCUT2D eigenvalue weighted by Crippen LogP contribution is -2.34. The average Bonchev–Trinajstić information content (AvgIpc) is 3.20. The number of carbonyl (C=O) groups is 3. The number of nitrogens with zero attached hydrogens (tertiary/aromatic N) is 1. The molecule has 1 saturated heterocycles. The predicted octanol–water partition coefficient (Wildman–Crippen LogP) is 2.03. The lowest BCUT2D eigenvalue weighted by molar-refractivity contribution is -0.148. The van der Waals surface area contributed by atoms with E-state index in [4.69, 9.17) is 14.2 Å². The molecule has 1 aromatic rings. The second-order valence-corrected chi connectivity index (χ2v) is 6.05. The van der Waals surface area contributed by atoms with Crippen molar-refractivity contribution < 1.29 is 33.3 Å². The summed E-state index contributed by atoms with van der Waals surface area (Å²) >= 11 is 0. The van der Waals surface area contributed by atoms with Gasteiger partial charge in [-0.25, -0.2) is 9.59 Å².